The molecule has 0 unspecified atom stereocenters. The number of carbonyl (C=O) groups is 1. The van der Waals surface area contributed by atoms with Crippen molar-refractivity contribution < 1.29 is 18.7 Å². The molecule has 22 heavy (non-hydrogen) atoms. The van der Waals surface area contributed by atoms with Crippen LogP contribution in [0.5, 0.6) is 0 Å². The smallest absolute Gasteiger partial charge is 0.315 e. The summed E-state index contributed by atoms with van der Waals surface area (Å²) < 4.78 is 26.2. The molecule has 2 aromatic rings. The van der Waals surface area contributed by atoms with E-state index in [1.165, 1.54) is 11.3 Å². The number of amides is 2. The van der Waals surface area contributed by atoms with Gasteiger partial charge in [0.2, 0.25) is 0 Å². The van der Waals surface area contributed by atoms with Gasteiger partial charge in [-0.3, -0.25) is 0 Å². The first-order chi connectivity index (χ1) is 10.5. The fourth-order valence-electron chi connectivity index (χ4n) is 1.79. The number of thiazole rings is 1. The number of aromatic nitrogens is 1. The van der Waals surface area contributed by atoms with Gasteiger partial charge in [0.15, 0.2) is 0 Å². The third-order valence-corrected chi connectivity index (χ3v) is 3.70. The van der Waals surface area contributed by atoms with Gasteiger partial charge in [0.25, 0.3) is 0 Å². The minimum atomic E-state index is -1.26. The van der Waals surface area contributed by atoms with Gasteiger partial charge in [0, 0.05) is 23.6 Å². The number of hydrogen-bond donors (Lipinski definition) is 3. The minimum Gasteiger partial charge on any atom is -0.386 e. The Morgan fingerprint density at radius 3 is 2.82 bits per heavy atom. The third kappa shape index (κ3) is 4.47. The number of urea groups is 1. The molecule has 0 fully saturated rings. The summed E-state index contributed by atoms with van der Waals surface area (Å²) in [5.41, 5.74) is 0.666. The Bertz CT molecular complexity index is 663. The number of aliphatic hydroxyl groups is 1. The number of aliphatic hydroxyl groups excluding tert-OH is 1. The maximum atomic E-state index is 13.5. The highest BCUT2D eigenvalue weighted by atomic mass is 32.1. The van der Waals surface area contributed by atoms with Gasteiger partial charge >= 0.3 is 6.03 Å². The Morgan fingerprint density at radius 2 is 2.18 bits per heavy atom. The zero-order valence-corrected chi connectivity index (χ0v) is 12.6. The molecule has 0 saturated heterocycles. The van der Waals surface area contributed by atoms with E-state index < -0.39 is 23.8 Å². The molecule has 5 nitrogen and oxygen atoms in total. The minimum absolute atomic E-state index is 0.0724. The number of benzene rings is 1. The summed E-state index contributed by atoms with van der Waals surface area (Å²) in [5.74, 6) is -1.58. The lowest BCUT2D eigenvalue weighted by atomic mass is 10.1. The molecule has 1 aromatic heterocycles. The molecule has 2 amide bonds. The van der Waals surface area contributed by atoms with Crippen LogP contribution in [-0.2, 0) is 6.54 Å². The van der Waals surface area contributed by atoms with Crippen molar-refractivity contribution in [1.82, 2.24) is 15.6 Å². The maximum Gasteiger partial charge on any atom is 0.315 e. The van der Waals surface area contributed by atoms with Gasteiger partial charge in [0.1, 0.15) is 11.6 Å². The second kappa shape index (κ2) is 7.28. The van der Waals surface area contributed by atoms with Gasteiger partial charge in [-0.05, 0) is 13.0 Å². The van der Waals surface area contributed by atoms with Gasteiger partial charge in [0.05, 0.1) is 23.4 Å². The Morgan fingerprint density at radius 1 is 1.41 bits per heavy atom. The number of halogens is 2. The molecule has 2 rings (SSSR count). The van der Waals surface area contributed by atoms with Crippen molar-refractivity contribution in [2.45, 2.75) is 19.6 Å². The highest BCUT2D eigenvalue weighted by Gasteiger charge is 2.14. The molecule has 1 heterocycles. The molecule has 0 radical (unpaired) electrons. The zero-order chi connectivity index (χ0) is 16.1. The summed E-state index contributed by atoms with van der Waals surface area (Å²) in [4.78, 5) is 15.8. The van der Waals surface area contributed by atoms with Crippen molar-refractivity contribution in [1.29, 1.82) is 0 Å². The molecule has 1 atom stereocenters. The third-order valence-electron chi connectivity index (χ3n) is 2.87. The van der Waals surface area contributed by atoms with Gasteiger partial charge < -0.3 is 15.7 Å². The lowest BCUT2D eigenvalue weighted by molar-refractivity contribution is 0.168. The van der Waals surface area contributed by atoms with E-state index >= 15 is 0 Å². The van der Waals surface area contributed by atoms with Crippen LogP contribution < -0.4 is 10.6 Å². The molecular formula is C14H15F2N3O2S. The lowest BCUT2D eigenvalue weighted by Crippen LogP contribution is -2.37. The van der Waals surface area contributed by atoms with Gasteiger partial charge in [-0.1, -0.05) is 6.07 Å². The highest BCUT2D eigenvalue weighted by molar-refractivity contribution is 7.09. The van der Waals surface area contributed by atoms with E-state index in [4.69, 9.17) is 0 Å². The van der Waals surface area contributed by atoms with E-state index in [-0.39, 0.29) is 18.7 Å². The normalized spacial score (nSPS) is 12.0. The van der Waals surface area contributed by atoms with Crippen LogP contribution in [0.3, 0.4) is 0 Å². The molecule has 8 heteroatoms. The van der Waals surface area contributed by atoms with Crippen molar-refractivity contribution >= 4 is 17.4 Å². The predicted molar refractivity (Wildman–Crippen MR) is 78.4 cm³/mol. The van der Waals surface area contributed by atoms with Crippen LogP contribution in [-0.4, -0.2) is 22.7 Å². The lowest BCUT2D eigenvalue weighted by Gasteiger charge is -2.13. The Labute approximate surface area is 130 Å². The van der Waals surface area contributed by atoms with E-state index in [0.717, 1.165) is 22.8 Å². The number of nitrogens with zero attached hydrogens (tertiary/aromatic N) is 1. The molecule has 118 valence electrons. The van der Waals surface area contributed by atoms with Crippen molar-refractivity contribution in [2.24, 2.45) is 0 Å². The molecule has 0 saturated carbocycles. The van der Waals surface area contributed by atoms with Gasteiger partial charge in [-0.2, -0.15) is 0 Å². The van der Waals surface area contributed by atoms with E-state index in [1.54, 1.807) is 0 Å². The quantitative estimate of drug-likeness (QED) is 0.789. The average Bonchev–Trinajstić information content (AvgIpc) is 2.88. The topological polar surface area (TPSA) is 74.2 Å². The van der Waals surface area contributed by atoms with Gasteiger partial charge in [-0.25, -0.2) is 18.6 Å². The van der Waals surface area contributed by atoms with Crippen molar-refractivity contribution in [2.75, 3.05) is 6.54 Å². The van der Waals surface area contributed by atoms with Crippen LogP contribution in [0.2, 0.25) is 0 Å². The maximum absolute atomic E-state index is 13.5. The van der Waals surface area contributed by atoms with Crippen molar-refractivity contribution in [3.05, 3.63) is 51.5 Å². The molecule has 0 aliphatic rings. The van der Waals surface area contributed by atoms with Crippen LogP contribution in [0.15, 0.2) is 23.6 Å². The fourth-order valence-corrected chi connectivity index (χ4v) is 2.41. The number of aryl methyl sites for hydroxylation is 1. The van der Waals surface area contributed by atoms with Crippen LogP contribution in [0.1, 0.15) is 22.4 Å². The summed E-state index contributed by atoms with van der Waals surface area (Å²) in [7, 11) is 0. The second-order valence-corrected chi connectivity index (χ2v) is 5.67. The molecule has 0 bridgehead atoms. The second-order valence-electron chi connectivity index (χ2n) is 4.60. The first kappa shape index (κ1) is 16.3. The van der Waals surface area contributed by atoms with Crippen molar-refractivity contribution in [3.8, 4) is 0 Å². The van der Waals surface area contributed by atoms with Crippen LogP contribution in [0.4, 0.5) is 13.6 Å². The van der Waals surface area contributed by atoms with Crippen LogP contribution >= 0.6 is 11.3 Å². The summed E-state index contributed by atoms with van der Waals surface area (Å²) in [6.07, 6.45) is -1.26. The summed E-state index contributed by atoms with van der Waals surface area (Å²) in [6.45, 7) is 1.93. The monoisotopic (exact) mass is 327 g/mol. The van der Waals surface area contributed by atoms with E-state index in [2.05, 4.69) is 15.6 Å². The summed E-state index contributed by atoms with van der Waals surface area (Å²) in [5, 5.41) is 17.5. The van der Waals surface area contributed by atoms with E-state index in [0.29, 0.717) is 6.07 Å². The van der Waals surface area contributed by atoms with E-state index in [9.17, 15) is 18.7 Å². The van der Waals surface area contributed by atoms with Crippen molar-refractivity contribution in [3.63, 3.8) is 0 Å². The molecule has 0 aliphatic heterocycles. The molecule has 0 aliphatic carbocycles. The molecular weight excluding hydrogens is 312 g/mol. The summed E-state index contributed by atoms with van der Waals surface area (Å²) in [6, 6.07) is 2.37. The molecule has 0 spiro atoms. The Kier molecular flexibility index (Phi) is 5.40. The molecule has 3 N–H and O–H groups in total. The van der Waals surface area contributed by atoms with Crippen LogP contribution in [0, 0.1) is 18.6 Å². The fraction of sp³-hybridized carbons (Fsp3) is 0.286. The molecule has 1 aromatic carbocycles. The average molecular weight is 327 g/mol. The number of hydrogen-bond acceptors (Lipinski definition) is 4. The Balaban J connectivity index is 1.80. The summed E-state index contributed by atoms with van der Waals surface area (Å²) >= 11 is 1.48. The first-order valence-corrected chi connectivity index (χ1v) is 7.39. The highest BCUT2D eigenvalue weighted by Crippen LogP contribution is 2.17. The SMILES string of the molecule is Cc1nc(CNC(=O)NC[C@H](O)c2ccc(F)cc2F)cs1. The zero-order valence-electron chi connectivity index (χ0n) is 11.8. The largest absolute Gasteiger partial charge is 0.386 e. The Hall–Kier alpha value is -2.06. The predicted octanol–water partition coefficient (Wildman–Crippen LogP) is 2.26. The number of rotatable bonds is 5. The number of nitrogens with one attached hydrogen (secondary N) is 2. The van der Waals surface area contributed by atoms with E-state index in [1.807, 2.05) is 12.3 Å². The standard InChI is InChI=1S/C14H15F2N3O2S/c1-8-19-10(7-22-8)5-17-14(21)18-6-13(20)11-3-2-9(15)4-12(11)16/h2-4,7,13,20H,5-6H2,1H3,(H2,17,18,21)/t13-/m0/s1. The first-order valence-electron chi connectivity index (χ1n) is 6.51. The van der Waals surface area contributed by atoms with Gasteiger partial charge in [-0.15, -0.1) is 11.3 Å². The van der Waals surface area contributed by atoms with Crippen LogP contribution in [0.25, 0.3) is 0 Å². The number of carbonyl (C=O) groups excluding carboxylic acids is 1.